The Morgan fingerprint density at radius 3 is 2.41 bits per heavy atom. The van der Waals surface area contributed by atoms with Gasteiger partial charge in [0.25, 0.3) is 0 Å². The molecule has 5 rings (SSSR count). The van der Waals surface area contributed by atoms with Crippen LogP contribution in [-0.2, 0) is 16.1 Å². The zero-order valence-electron chi connectivity index (χ0n) is 20.1. The number of rotatable bonds is 4. The van der Waals surface area contributed by atoms with Crippen molar-refractivity contribution in [1.29, 1.82) is 0 Å². The van der Waals surface area contributed by atoms with Gasteiger partial charge in [-0.15, -0.1) is 0 Å². The Morgan fingerprint density at radius 2 is 1.71 bits per heavy atom. The van der Waals surface area contributed by atoms with Gasteiger partial charge in [-0.2, -0.15) is 0 Å². The number of nitrogens with one attached hydrogen (secondary N) is 2. The SMILES string of the molecule is CNC(=O)C1(N2CCCCC2=O)CCN(N2CCC(N3Cc4ccccc4NC3=O)CC2)CC1. The minimum absolute atomic E-state index is 0.00307. The molecule has 34 heavy (non-hydrogen) atoms. The lowest BCUT2D eigenvalue weighted by Gasteiger charge is -2.51. The largest absolute Gasteiger partial charge is 0.357 e. The smallest absolute Gasteiger partial charge is 0.322 e. The van der Waals surface area contributed by atoms with Crippen LogP contribution in [0.15, 0.2) is 24.3 Å². The molecular formula is C25H36N6O3. The number of benzene rings is 1. The highest BCUT2D eigenvalue weighted by molar-refractivity contribution is 5.93. The second kappa shape index (κ2) is 9.54. The van der Waals surface area contributed by atoms with E-state index in [9.17, 15) is 14.4 Å². The molecule has 0 radical (unpaired) electrons. The van der Waals surface area contributed by atoms with Crippen LogP contribution < -0.4 is 10.6 Å². The van der Waals surface area contributed by atoms with E-state index >= 15 is 0 Å². The molecule has 9 heteroatoms. The van der Waals surface area contributed by atoms with Gasteiger partial charge < -0.3 is 20.4 Å². The van der Waals surface area contributed by atoms with Crippen molar-refractivity contribution in [3.63, 3.8) is 0 Å². The second-order valence-corrected chi connectivity index (χ2v) is 9.97. The van der Waals surface area contributed by atoms with Gasteiger partial charge in [-0.1, -0.05) is 18.2 Å². The molecule has 3 fully saturated rings. The van der Waals surface area contributed by atoms with Crippen LogP contribution in [0.5, 0.6) is 0 Å². The van der Waals surface area contributed by atoms with Crippen LogP contribution >= 0.6 is 0 Å². The summed E-state index contributed by atoms with van der Waals surface area (Å²) in [7, 11) is 1.67. The van der Waals surface area contributed by atoms with Crippen LogP contribution in [0.2, 0.25) is 0 Å². The number of piperidine rings is 3. The van der Waals surface area contributed by atoms with E-state index in [-0.39, 0.29) is 23.9 Å². The molecule has 1 aromatic carbocycles. The average molecular weight is 469 g/mol. The molecule has 3 saturated heterocycles. The fourth-order valence-electron chi connectivity index (χ4n) is 6.22. The first-order chi connectivity index (χ1) is 16.5. The number of carbonyl (C=O) groups is 3. The number of anilines is 1. The van der Waals surface area contributed by atoms with Crippen molar-refractivity contribution in [2.24, 2.45) is 0 Å². The van der Waals surface area contributed by atoms with E-state index in [1.54, 1.807) is 7.05 Å². The standard InChI is InChI=1S/C25H36N6O3/c1-26-23(33)25(31-13-5-4-8-22(31)32)11-16-29(17-12-25)28-14-9-20(10-15-28)30-18-19-6-2-3-7-21(19)27-24(30)34/h2-3,6-7,20H,4-5,8-18H2,1H3,(H,26,33)(H,27,34). The van der Waals surface area contributed by atoms with Gasteiger partial charge >= 0.3 is 6.03 Å². The number of amides is 4. The van der Waals surface area contributed by atoms with Gasteiger partial charge in [0.1, 0.15) is 5.54 Å². The molecule has 184 valence electrons. The normalized spacial score (nSPS) is 24.5. The van der Waals surface area contributed by atoms with E-state index in [0.29, 0.717) is 32.4 Å². The highest BCUT2D eigenvalue weighted by Crippen LogP contribution is 2.34. The lowest BCUT2D eigenvalue weighted by Crippen LogP contribution is -2.66. The summed E-state index contributed by atoms with van der Waals surface area (Å²) in [5.74, 6) is 0.0861. The number of fused-ring (bicyclic) bond motifs is 1. The fraction of sp³-hybridized carbons (Fsp3) is 0.640. The van der Waals surface area contributed by atoms with Crippen molar-refractivity contribution >= 4 is 23.5 Å². The van der Waals surface area contributed by atoms with Gasteiger partial charge in [0.05, 0.1) is 0 Å². The number of likely N-dealkylation sites (N-methyl/N-ethyl adjacent to an activating group) is 1. The summed E-state index contributed by atoms with van der Waals surface area (Å²) >= 11 is 0. The molecule has 1 aromatic rings. The molecule has 4 aliphatic rings. The number of hydrazine groups is 1. The first-order valence-electron chi connectivity index (χ1n) is 12.7. The highest BCUT2D eigenvalue weighted by atomic mass is 16.2. The van der Waals surface area contributed by atoms with E-state index in [1.165, 1.54) is 5.56 Å². The topological polar surface area (TPSA) is 88.2 Å². The van der Waals surface area contributed by atoms with E-state index in [4.69, 9.17) is 0 Å². The summed E-state index contributed by atoms with van der Waals surface area (Å²) in [6, 6.07) is 8.23. The molecule has 0 unspecified atom stereocenters. The Labute approximate surface area is 201 Å². The van der Waals surface area contributed by atoms with Crippen LogP contribution in [0, 0.1) is 0 Å². The van der Waals surface area contributed by atoms with E-state index < -0.39 is 5.54 Å². The van der Waals surface area contributed by atoms with Crippen molar-refractivity contribution in [3.05, 3.63) is 29.8 Å². The minimum atomic E-state index is -0.722. The van der Waals surface area contributed by atoms with Crippen molar-refractivity contribution in [3.8, 4) is 0 Å². The first kappa shape index (κ1) is 23.1. The number of hydrogen-bond donors (Lipinski definition) is 2. The zero-order valence-corrected chi connectivity index (χ0v) is 20.1. The lowest BCUT2D eigenvalue weighted by molar-refractivity contribution is -0.159. The molecule has 0 saturated carbocycles. The van der Waals surface area contributed by atoms with Gasteiger partial charge in [-0.25, -0.2) is 14.8 Å². The molecule has 9 nitrogen and oxygen atoms in total. The van der Waals surface area contributed by atoms with Crippen molar-refractivity contribution in [1.82, 2.24) is 25.1 Å². The summed E-state index contributed by atoms with van der Waals surface area (Å²) < 4.78 is 0. The minimum Gasteiger partial charge on any atom is -0.357 e. The quantitative estimate of drug-likeness (QED) is 0.706. The number of carbonyl (C=O) groups excluding carboxylic acids is 3. The van der Waals surface area contributed by atoms with Crippen molar-refractivity contribution in [2.75, 3.05) is 45.1 Å². The van der Waals surface area contributed by atoms with Crippen molar-refractivity contribution in [2.45, 2.75) is 63.1 Å². The van der Waals surface area contributed by atoms with Crippen molar-refractivity contribution < 1.29 is 14.4 Å². The maximum atomic E-state index is 13.0. The maximum absolute atomic E-state index is 13.0. The molecule has 0 aromatic heterocycles. The number of nitrogens with zero attached hydrogens (tertiary/aromatic N) is 4. The summed E-state index contributed by atoms with van der Waals surface area (Å²) in [5.41, 5.74) is 1.36. The second-order valence-electron chi connectivity index (χ2n) is 9.97. The number of para-hydroxylation sites is 1. The van der Waals surface area contributed by atoms with Crippen LogP contribution in [0.1, 0.15) is 50.5 Å². The van der Waals surface area contributed by atoms with Gasteiger partial charge in [0, 0.05) is 64.5 Å². The third kappa shape index (κ3) is 4.15. The zero-order chi connectivity index (χ0) is 23.7. The Bertz CT molecular complexity index is 936. The van der Waals surface area contributed by atoms with Crippen LogP contribution in [0.3, 0.4) is 0 Å². The molecule has 4 aliphatic heterocycles. The number of hydrogen-bond acceptors (Lipinski definition) is 5. The number of likely N-dealkylation sites (tertiary alicyclic amines) is 1. The third-order valence-electron chi connectivity index (χ3n) is 8.20. The number of urea groups is 1. The molecule has 2 N–H and O–H groups in total. The summed E-state index contributed by atoms with van der Waals surface area (Å²) in [5, 5.41) is 10.6. The monoisotopic (exact) mass is 468 g/mol. The van der Waals surface area contributed by atoms with Gasteiger partial charge in [-0.3, -0.25) is 9.59 Å². The fourth-order valence-corrected chi connectivity index (χ4v) is 6.22. The van der Waals surface area contributed by atoms with E-state index in [0.717, 1.165) is 57.5 Å². The molecule has 0 spiro atoms. The molecule has 0 atom stereocenters. The molecule has 4 heterocycles. The Balaban J connectivity index is 1.19. The average Bonchev–Trinajstić information content (AvgIpc) is 2.88. The summed E-state index contributed by atoms with van der Waals surface area (Å²) in [6.07, 6.45) is 5.60. The van der Waals surface area contributed by atoms with E-state index in [2.05, 4.69) is 26.7 Å². The third-order valence-corrected chi connectivity index (χ3v) is 8.20. The Hall–Kier alpha value is -2.65. The molecule has 0 aliphatic carbocycles. The summed E-state index contributed by atoms with van der Waals surface area (Å²) in [6.45, 7) is 4.66. The maximum Gasteiger partial charge on any atom is 0.322 e. The lowest BCUT2D eigenvalue weighted by atomic mass is 9.83. The van der Waals surface area contributed by atoms with Gasteiger partial charge in [0.15, 0.2) is 0 Å². The predicted molar refractivity (Wildman–Crippen MR) is 129 cm³/mol. The van der Waals surface area contributed by atoms with Crippen LogP contribution in [0.25, 0.3) is 0 Å². The molecular weight excluding hydrogens is 432 g/mol. The van der Waals surface area contributed by atoms with E-state index in [1.807, 2.05) is 28.0 Å². The first-order valence-corrected chi connectivity index (χ1v) is 12.7. The highest BCUT2D eigenvalue weighted by Gasteiger charge is 2.49. The predicted octanol–water partition coefficient (Wildman–Crippen LogP) is 2.01. The molecule has 0 bridgehead atoms. The van der Waals surface area contributed by atoms with Crippen LogP contribution in [0.4, 0.5) is 10.5 Å². The molecule has 4 amide bonds. The van der Waals surface area contributed by atoms with Crippen LogP contribution in [-0.4, -0.2) is 89.0 Å². The van der Waals surface area contributed by atoms with Gasteiger partial charge in [0.2, 0.25) is 11.8 Å². The summed E-state index contributed by atoms with van der Waals surface area (Å²) in [4.78, 5) is 42.2. The Kier molecular flexibility index (Phi) is 6.48. The Morgan fingerprint density at radius 1 is 1.00 bits per heavy atom. The van der Waals surface area contributed by atoms with Gasteiger partial charge in [-0.05, 0) is 50.2 Å².